The molecular formula is C15H21NO4S. The Morgan fingerprint density at radius 2 is 1.95 bits per heavy atom. The second kappa shape index (κ2) is 5.77. The third-order valence-electron chi connectivity index (χ3n) is 4.43. The van der Waals surface area contributed by atoms with Gasteiger partial charge in [-0.15, -0.1) is 0 Å². The van der Waals surface area contributed by atoms with E-state index >= 15 is 0 Å². The van der Waals surface area contributed by atoms with Gasteiger partial charge in [-0.25, -0.2) is 13.2 Å². The fourth-order valence-electron chi connectivity index (χ4n) is 2.71. The first-order valence-electron chi connectivity index (χ1n) is 7.08. The number of hydrogen-bond acceptors (Lipinski definition) is 3. The van der Waals surface area contributed by atoms with Crippen molar-refractivity contribution in [2.45, 2.75) is 32.1 Å². The van der Waals surface area contributed by atoms with Crippen LogP contribution in [0.4, 0.5) is 0 Å². The molecule has 0 spiro atoms. The number of piperidine rings is 1. The number of aromatic carboxylic acids is 1. The maximum Gasteiger partial charge on any atom is 0.335 e. The Balaban J connectivity index is 2.41. The van der Waals surface area contributed by atoms with Crippen molar-refractivity contribution in [2.24, 2.45) is 11.8 Å². The van der Waals surface area contributed by atoms with E-state index in [1.165, 1.54) is 22.5 Å². The van der Waals surface area contributed by atoms with Gasteiger partial charge in [-0.3, -0.25) is 0 Å². The van der Waals surface area contributed by atoms with E-state index in [4.69, 9.17) is 5.11 Å². The van der Waals surface area contributed by atoms with Gasteiger partial charge in [0.2, 0.25) is 10.0 Å². The Labute approximate surface area is 125 Å². The Kier molecular flexibility index (Phi) is 4.39. The molecule has 6 heteroatoms. The summed E-state index contributed by atoms with van der Waals surface area (Å²) in [5.41, 5.74) is 0.339. The Bertz CT molecular complexity index is 654. The minimum atomic E-state index is -3.64. The molecule has 1 aliphatic rings. The number of carboxylic acid groups (broad SMARTS) is 1. The van der Waals surface area contributed by atoms with Gasteiger partial charge >= 0.3 is 5.97 Å². The second-order valence-corrected chi connectivity index (χ2v) is 7.75. The second-order valence-electron chi connectivity index (χ2n) is 5.84. The fraction of sp³-hybridized carbons (Fsp3) is 0.533. The first kappa shape index (κ1) is 16.0. The van der Waals surface area contributed by atoms with Crippen molar-refractivity contribution in [3.63, 3.8) is 0 Å². The molecule has 21 heavy (non-hydrogen) atoms. The summed E-state index contributed by atoms with van der Waals surface area (Å²) in [6.45, 7) is 6.70. The van der Waals surface area contributed by atoms with Gasteiger partial charge < -0.3 is 5.11 Å². The van der Waals surface area contributed by atoms with Crippen LogP contribution in [0.3, 0.4) is 0 Å². The van der Waals surface area contributed by atoms with Crippen LogP contribution in [0, 0.1) is 18.8 Å². The summed E-state index contributed by atoms with van der Waals surface area (Å²) in [7, 11) is -3.64. The van der Waals surface area contributed by atoms with Crippen LogP contribution in [-0.2, 0) is 10.0 Å². The van der Waals surface area contributed by atoms with Gasteiger partial charge in [0.1, 0.15) is 0 Å². The van der Waals surface area contributed by atoms with Gasteiger partial charge in [-0.2, -0.15) is 4.31 Å². The summed E-state index contributed by atoms with van der Waals surface area (Å²) in [6.07, 6.45) is 0.831. The molecule has 2 unspecified atom stereocenters. The third kappa shape index (κ3) is 2.96. The first-order valence-corrected chi connectivity index (χ1v) is 8.52. The van der Waals surface area contributed by atoms with Gasteiger partial charge in [0.15, 0.2) is 0 Å². The zero-order valence-electron chi connectivity index (χ0n) is 12.5. The number of rotatable bonds is 3. The van der Waals surface area contributed by atoms with Crippen LogP contribution >= 0.6 is 0 Å². The Hall–Kier alpha value is -1.40. The summed E-state index contributed by atoms with van der Waals surface area (Å²) in [6, 6.07) is 4.40. The van der Waals surface area contributed by atoms with E-state index in [1.54, 1.807) is 6.92 Å². The summed E-state index contributed by atoms with van der Waals surface area (Å²) in [5, 5.41) is 9.13. The van der Waals surface area contributed by atoms with Gasteiger partial charge in [0.25, 0.3) is 0 Å². The van der Waals surface area contributed by atoms with Crippen LogP contribution in [-0.4, -0.2) is 36.9 Å². The molecule has 1 fully saturated rings. The summed E-state index contributed by atoms with van der Waals surface area (Å²) >= 11 is 0. The molecule has 0 bridgehead atoms. The molecule has 0 saturated carbocycles. The van der Waals surface area contributed by atoms with E-state index in [0.717, 1.165) is 6.42 Å². The number of carbonyl (C=O) groups is 1. The topological polar surface area (TPSA) is 74.7 Å². The SMILES string of the molecule is Cc1c(C(=O)O)cccc1S(=O)(=O)N1CCC(C)C(C)C1. The number of hydrogen-bond donors (Lipinski definition) is 1. The van der Waals surface area contributed by atoms with E-state index in [-0.39, 0.29) is 10.5 Å². The molecule has 0 aromatic heterocycles. The van der Waals surface area contributed by atoms with Gasteiger partial charge in [0, 0.05) is 13.1 Å². The third-order valence-corrected chi connectivity index (χ3v) is 6.44. The minimum Gasteiger partial charge on any atom is -0.478 e. The molecule has 1 aromatic carbocycles. The monoisotopic (exact) mass is 311 g/mol. The molecule has 0 radical (unpaired) electrons. The molecule has 1 aromatic rings. The lowest BCUT2D eigenvalue weighted by Crippen LogP contribution is -2.42. The first-order chi connectivity index (χ1) is 9.75. The van der Waals surface area contributed by atoms with Crippen molar-refractivity contribution in [1.82, 2.24) is 4.31 Å². The number of sulfonamides is 1. The smallest absolute Gasteiger partial charge is 0.335 e. The van der Waals surface area contributed by atoms with Crippen LogP contribution < -0.4 is 0 Å². The zero-order valence-corrected chi connectivity index (χ0v) is 13.4. The average molecular weight is 311 g/mol. The van der Waals surface area contributed by atoms with Gasteiger partial charge in [0.05, 0.1) is 10.5 Å². The highest BCUT2D eigenvalue weighted by atomic mass is 32.2. The Morgan fingerprint density at radius 1 is 1.29 bits per heavy atom. The van der Waals surface area contributed by atoms with E-state index < -0.39 is 16.0 Å². The standard InChI is InChI=1S/C15H21NO4S/c1-10-7-8-16(9-11(10)2)21(19,20)14-6-4-5-13(12(14)3)15(17)18/h4-6,10-11H,7-9H2,1-3H3,(H,17,18). The van der Waals surface area contributed by atoms with Crippen LogP contribution in [0.1, 0.15) is 36.2 Å². The van der Waals surface area contributed by atoms with Crippen molar-refractivity contribution in [3.05, 3.63) is 29.3 Å². The van der Waals surface area contributed by atoms with Crippen LogP contribution in [0.15, 0.2) is 23.1 Å². The van der Waals surface area contributed by atoms with Crippen molar-refractivity contribution in [3.8, 4) is 0 Å². The molecule has 1 heterocycles. The molecule has 116 valence electrons. The molecule has 5 nitrogen and oxygen atoms in total. The molecule has 2 atom stereocenters. The van der Waals surface area contributed by atoms with E-state index in [2.05, 4.69) is 6.92 Å². The quantitative estimate of drug-likeness (QED) is 0.930. The lowest BCUT2D eigenvalue weighted by molar-refractivity contribution is 0.0696. The van der Waals surface area contributed by atoms with Gasteiger partial charge in [-0.1, -0.05) is 19.9 Å². The molecule has 0 amide bonds. The van der Waals surface area contributed by atoms with Crippen molar-refractivity contribution < 1.29 is 18.3 Å². The van der Waals surface area contributed by atoms with E-state index in [1.807, 2.05) is 6.92 Å². The van der Waals surface area contributed by atoms with Gasteiger partial charge in [-0.05, 0) is 42.9 Å². The van der Waals surface area contributed by atoms with Crippen LogP contribution in [0.25, 0.3) is 0 Å². The maximum absolute atomic E-state index is 12.8. The van der Waals surface area contributed by atoms with Crippen molar-refractivity contribution >= 4 is 16.0 Å². The lowest BCUT2D eigenvalue weighted by atomic mass is 9.90. The molecule has 1 aliphatic heterocycles. The van der Waals surface area contributed by atoms with E-state index in [0.29, 0.717) is 30.5 Å². The number of nitrogens with zero attached hydrogens (tertiary/aromatic N) is 1. The number of carboxylic acids is 1. The highest BCUT2D eigenvalue weighted by Crippen LogP contribution is 2.29. The highest BCUT2D eigenvalue weighted by Gasteiger charge is 2.33. The summed E-state index contributed by atoms with van der Waals surface area (Å²) < 4.78 is 27.0. The lowest BCUT2D eigenvalue weighted by Gasteiger charge is -2.34. The molecular weight excluding hydrogens is 290 g/mol. The summed E-state index contributed by atoms with van der Waals surface area (Å²) in [4.78, 5) is 11.3. The van der Waals surface area contributed by atoms with Crippen LogP contribution in [0.2, 0.25) is 0 Å². The minimum absolute atomic E-state index is 0.0366. The molecule has 2 rings (SSSR count). The average Bonchev–Trinajstić information content (AvgIpc) is 2.41. The van der Waals surface area contributed by atoms with Crippen molar-refractivity contribution in [1.29, 1.82) is 0 Å². The largest absolute Gasteiger partial charge is 0.478 e. The predicted octanol–water partition coefficient (Wildman–Crippen LogP) is 2.36. The number of benzene rings is 1. The zero-order chi connectivity index (χ0) is 15.8. The Morgan fingerprint density at radius 3 is 2.52 bits per heavy atom. The molecule has 1 saturated heterocycles. The summed E-state index contributed by atoms with van der Waals surface area (Å²) in [5.74, 6) is -0.301. The van der Waals surface area contributed by atoms with Crippen LogP contribution in [0.5, 0.6) is 0 Å². The highest BCUT2D eigenvalue weighted by molar-refractivity contribution is 7.89. The predicted molar refractivity (Wildman–Crippen MR) is 79.8 cm³/mol. The normalized spacial score (nSPS) is 24.0. The van der Waals surface area contributed by atoms with Crippen molar-refractivity contribution in [2.75, 3.05) is 13.1 Å². The maximum atomic E-state index is 12.8. The molecule has 1 N–H and O–H groups in total. The van der Waals surface area contributed by atoms with E-state index in [9.17, 15) is 13.2 Å². The molecule has 0 aliphatic carbocycles. The fourth-order valence-corrected chi connectivity index (χ4v) is 4.51.